The predicted molar refractivity (Wildman–Crippen MR) is 69.6 cm³/mol. The summed E-state index contributed by atoms with van der Waals surface area (Å²) < 4.78 is 26.5. The smallest absolute Gasteiger partial charge is 0.128 e. The van der Waals surface area contributed by atoms with Gasteiger partial charge in [-0.3, -0.25) is 0 Å². The third kappa shape index (κ3) is 3.08. The number of aryl methyl sites for hydroxylation is 1. The molecule has 2 rings (SSSR count). The predicted octanol–water partition coefficient (Wildman–Crippen LogP) is 3.76. The summed E-state index contributed by atoms with van der Waals surface area (Å²) in [5.41, 5.74) is 2.16. The summed E-state index contributed by atoms with van der Waals surface area (Å²) >= 11 is 0. The SMILES string of the molecule is Cc1ccc(F)c(CNc2ccc(F)cc2C#N)c1. The molecule has 0 saturated carbocycles. The van der Waals surface area contributed by atoms with Crippen molar-refractivity contribution < 1.29 is 8.78 Å². The Morgan fingerprint density at radius 1 is 1.16 bits per heavy atom. The fourth-order valence-corrected chi connectivity index (χ4v) is 1.79. The number of nitrogens with zero attached hydrogens (tertiary/aromatic N) is 1. The molecule has 0 bridgehead atoms. The molecule has 2 aromatic carbocycles. The van der Waals surface area contributed by atoms with Crippen LogP contribution in [0.1, 0.15) is 16.7 Å². The molecule has 0 aliphatic heterocycles. The van der Waals surface area contributed by atoms with Crippen LogP contribution in [-0.4, -0.2) is 0 Å². The number of hydrogen-bond donors (Lipinski definition) is 1. The van der Waals surface area contributed by atoms with Crippen molar-refractivity contribution in [3.63, 3.8) is 0 Å². The summed E-state index contributed by atoms with van der Waals surface area (Å²) in [7, 11) is 0. The van der Waals surface area contributed by atoms with Crippen molar-refractivity contribution in [3.05, 3.63) is 64.7 Å². The lowest BCUT2D eigenvalue weighted by atomic mass is 10.1. The summed E-state index contributed by atoms with van der Waals surface area (Å²) in [5.74, 6) is -0.775. The fraction of sp³-hybridized carbons (Fsp3) is 0.133. The van der Waals surface area contributed by atoms with Crippen LogP contribution in [-0.2, 0) is 6.54 Å². The van der Waals surface area contributed by atoms with Crippen LogP contribution in [0.25, 0.3) is 0 Å². The second kappa shape index (κ2) is 5.49. The molecule has 2 aromatic rings. The molecule has 0 aliphatic rings. The molecular formula is C15H12F2N2. The van der Waals surface area contributed by atoms with Gasteiger partial charge in [-0.05, 0) is 31.2 Å². The van der Waals surface area contributed by atoms with Gasteiger partial charge in [0.2, 0.25) is 0 Å². The van der Waals surface area contributed by atoms with E-state index in [4.69, 9.17) is 5.26 Å². The number of benzene rings is 2. The highest BCUT2D eigenvalue weighted by molar-refractivity contribution is 5.57. The summed E-state index contributed by atoms with van der Waals surface area (Å²) in [5, 5.41) is 11.9. The second-order valence-corrected chi connectivity index (χ2v) is 4.25. The molecule has 19 heavy (non-hydrogen) atoms. The Morgan fingerprint density at radius 2 is 1.95 bits per heavy atom. The average Bonchev–Trinajstić information content (AvgIpc) is 2.40. The molecule has 0 unspecified atom stereocenters. The Bertz CT molecular complexity index is 645. The van der Waals surface area contributed by atoms with E-state index in [1.165, 1.54) is 18.2 Å². The minimum Gasteiger partial charge on any atom is -0.380 e. The molecule has 0 atom stereocenters. The van der Waals surface area contributed by atoms with E-state index < -0.39 is 5.82 Å². The second-order valence-electron chi connectivity index (χ2n) is 4.25. The third-order valence-corrected chi connectivity index (χ3v) is 2.77. The molecule has 0 aromatic heterocycles. The van der Waals surface area contributed by atoms with Gasteiger partial charge in [-0.2, -0.15) is 5.26 Å². The van der Waals surface area contributed by atoms with Crippen molar-refractivity contribution in [2.45, 2.75) is 13.5 Å². The first-order chi connectivity index (χ1) is 9.10. The number of halogens is 2. The summed E-state index contributed by atoms with van der Waals surface area (Å²) in [4.78, 5) is 0. The zero-order chi connectivity index (χ0) is 13.8. The van der Waals surface area contributed by atoms with Crippen LogP contribution in [0.3, 0.4) is 0 Å². The van der Waals surface area contributed by atoms with Crippen LogP contribution < -0.4 is 5.32 Å². The van der Waals surface area contributed by atoms with E-state index in [0.29, 0.717) is 11.3 Å². The summed E-state index contributed by atoms with van der Waals surface area (Å²) in [6.45, 7) is 2.12. The lowest BCUT2D eigenvalue weighted by Gasteiger charge is -2.09. The van der Waals surface area contributed by atoms with Gasteiger partial charge in [0.25, 0.3) is 0 Å². The van der Waals surface area contributed by atoms with Crippen molar-refractivity contribution in [1.29, 1.82) is 5.26 Å². The zero-order valence-corrected chi connectivity index (χ0v) is 10.4. The molecule has 96 valence electrons. The van der Waals surface area contributed by atoms with Crippen molar-refractivity contribution in [2.24, 2.45) is 0 Å². The van der Waals surface area contributed by atoms with Gasteiger partial charge in [-0.1, -0.05) is 17.7 Å². The molecule has 0 fully saturated rings. The van der Waals surface area contributed by atoms with E-state index in [0.717, 1.165) is 11.6 Å². The van der Waals surface area contributed by atoms with E-state index in [9.17, 15) is 8.78 Å². The highest BCUT2D eigenvalue weighted by Gasteiger charge is 2.06. The maximum atomic E-state index is 13.6. The highest BCUT2D eigenvalue weighted by Crippen LogP contribution is 2.18. The van der Waals surface area contributed by atoms with E-state index in [1.807, 2.05) is 13.0 Å². The van der Waals surface area contributed by atoms with Gasteiger partial charge in [-0.15, -0.1) is 0 Å². The first-order valence-corrected chi connectivity index (χ1v) is 5.78. The van der Waals surface area contributed by atoms with Crippen LogP contribution in [0, 0.1) is 29.9 Å². The quantitative estimate of drug-likeness (QED) is 0.909. The van der Waals surface area contributed by atoms with Gasteiger partial charge in [-0.25, -0.2) is 8.78 Å². The minimum absolute atomic E-state index is 0.202. The van der Waals surface area contributed by atoms with E-state index in [2.05, 4.69) is 5.32 Å². The third-order valence-electron chi connectivity index (χ3n) is 2.77. The molecule has 0 spiro atoms. The highest BCUT2D eigenvalue weighted by atomic mass is 19.1. The molecule has 0 amide bonds. The van der Waals surface area contributed by atoms with Gasteiger partial charge in [0.1, 0.15) is 17.7 Å². The first kappa shape index (κ1) is 13.0. The first-order valence-electron chi connectivity index (χ1n) is 5.78. The average molecular weight is 258 g/mol. The normalized spacial score (nSPS) is 10.0. The van der Waals surface area contributed by atoms with Crippen molar-refractivity contribution in [1.82, 2.24) is 0 Å². The lowest BCUT2D eigenvalue weighted by Crippen LogP contribution is -2.04. The molecule has 0 aliphatic carbocycles. The van der Waals surface area contributed by atoms with Crippen LogP contribution >= 0.6 is 0 Å². The number of anilines is 1. The molecule has 0 radical (unpaired) electrons. The zero-order valence-electron chi connectivity index (χ0n) is 10.4. The largest absolute Gasteiger partial charge is 0.380 e. The van der Waals surface area contributed by atoms with Gasteiger partial charge < -0.3 is 5.32 Å². The van der Waals surface area contributed by atoms with Gasteiger partial charge in [0, 0.05) is 12.1 Å². The Labute approximate surface area is 110 Å². The maximum absolute atomic E-state index is 13.6. The number of rotatable bonds is 3. The van der Waals surface area contributed by atoms with E-state index >= 15 is 0 Å². The van der Waals surface area contributed by atoms with E-state index in [1.54, 1.807) is 12.1 Å². The number of nitriles is 1. The number of nitrogens with one attached hydrogen (secondary N) is 1. The lowest BCUT2D eigenvalue weighted by molar-refractivity contribution is 0.612. The summed E-state index contributed by atoms with van der Waals surface area (Å²) in [6.07, 6.45) is 0. The molecular weight excluding hydrogens is 246 g/mol. The minimum atomic E-state index is -0.469. The van der Waals surface area contributed by atoms with Crippen molar-refractivity contribution in [2.75, 3.05) is 5.32 Å². The Balaban J connectivity index is 2.19. The van der Waals surface area contributed by atoms with Gasteiger partial charge in [0.05, 0.1) is 11.3 Å². The Hall–Kier alpha value is -2.41. The molecule has 0 saturated heterocycles. The van der Waals surface area contributed by atoms with E-state index in [-0.39, 0.29) is 17.9 Å². The van der Waals surface area contributed by atoms with Crippen molar-refractivity contribution >= 4 is 5.69 Å². The Kier molecular flexibility index (Phi) is 3.76. The molecule has 2 nitrogen and oxygen atoms in total. The van der Waals surface area contributed by atoms with Crippen LogP contribution in [0.4, 0.5) is 14.5 Å². The van der Waals surface area contributed by atoms with Crippen LogP contribution in [0.15, 0.2) is 36.4 Å². The Morgan fingerprint density at radius 3 is 2.68 bits per heavy atom. The van der Waals surface area contributed by atoms with Crippen LogP contribution in [0.2, 0.25) is 0 Å². The molecule has 0 heterocycles. The van der Waals surface area contributed by atoms with Crippen LogP contribution in [0.5, 0.6) is 0 Å². The molecule has 1 N–H and O–H groups in total. The maximum Gasteiger partial charge on any atom is 0.128 e. The standard InChI is InChI=1S/C15H12F2N2/c1-10-2-4-14(17)12(6-10)9-19-15-5-3-13(16)7-11(15)8-18/h2-7,19H,9H2,1H3. The number of hydrogen-bond acceptors (Lipinski definition) is 2. The fourth-order valence-electron chi connectivity index (χ4n) is 1.79. The van der Waals surface area contributed by atoms with Gasteiger partial charge in [0.15, 0.2) is 0 Å². The van der Waals surface area contributed by atoms with Crippen molar-refractivity contribution in [3.8, 4) is 6.07 Å². The summed E-state index contributed by atoms with van der Waals surface area (Å²) in [6, 6.07) is 10.6. The van der Waals surface area contributed by atoms with Gasteiger partial charge >= 0.3 is 0 Å². The topological polar surface area (TPSA) is 35.8 Å². The molecule has 4 heteroatoms. The monoisotopic (exact) mass is 258 g/mol.